The van der Waals surface area contributed by atoms with Gasteiger partial charge in [0.05, 0.1) is 5.69 Å². The van der Waals surface area contributed by atoms with E-state index in [4.69, 9.17) is 0 Å². The van der Waals surface area contributed by atoms with E-state index in [1.54, 1.807) is 25.4 Å². The molecular weight excluding hydrogens is 357 g/mol. The van der Waals surface area contributed by atoms with Crippen LogP contribution in [0.25, 0.3) is 0 Å². The van der Waals surface area contributed by atoms with Crippen LogP contribution < -0.4 is 5.32 Å². The van der Waals surface area contributed by atoms with Crippen molar-refractivity contribution in [3.63, 3.8) is 0 Å². The van der Waals surface area contributed by atoms with E-state index in [2.05, 4.69) is 15.2 Å². The first-order valence-electron chi connectivity index (χ1n) is 9.87. The van der Waals surface area contributed by atoms with Gasteiger partial charge in [0.2, 0.25) is 5.91 Å². The largest absolute Gasteiger partial charge is 0.378 e. The molecule has 150 valence electrons. The van der Waals surface area contributed by atoms with Crippen molar-refractivity contribution in [2.24, 2.45) is 5.92 Å². The molecule has 1 aromatic carbocycles. The highest BCUT2D eigenvalue weighted by atomic mass is 19.1. The van der Waals surface area contributed by atoms with Gasteiger partial charge in [0.25, 0.3) is 0 Å². The van der Waals surface area contributed by atoms with Gasteiger partial charge in [-0.3, -0.25) is 9.78 Å². The number of pyridine rings is 1. The van der Waals surface area contributed by atoms with Crippen molar-refractivity contribution in [1.29, 1.82) is 0 Å². The first kappa shape index (κ1) is 20.4. The molecule has 1 saturated heterocycles. The van der Waals surface area contributed by atoms with E-state index in [1.165, 1.54) is 12.1 Å². The Labute approximate surface area is 165 Å². The van der Waals surface area contributed by atoms with Gasteiger partial charge in [-0.1, -0.05) is 18.2 Å². The van der Waals surface area contributed by atoms with Crippen molar-refractivity contribution in [2.45, 2.75) is 31.3 Å². The van der Waals surface area contributed by atoms with E-state index >= 15 is 0 Å². The Kier molecular flexibility index (Phi) is 6.75. The number of hydrogen-bond donors (Lipinski definition) is 2. The van der Waals surface area contributed by atoms with Crippen LogP contribution >= 0.6 is 0 Å². The molecule has 0 saturated carbocycles. The highest BCUT2D eigenvalue weighted by molar-refractivity contribution is 5.75. The van der Waals surface area contributed by atoms with Crippen LogP contribution in [0.4, 0.5) is 4.39 Å². The molecule has 28 heavy (non-hydrogen) atoms. The summed E-state index contributed by atoms with van der Waals surface area (Å²) in [6.45, 7) is 2.59. The molecule has 1 amide bonds. The highest BCUT2D eigenvalue weighted by Gasteiger charge is 2.42. The number of nitrogens with one attached hydrogen (secondary N) is 1. The molecule has 1 atom stereocenters. The molecule has 6 heteroatoms. The number of halogens is 1. The summed E-state index contributed by atoms with van der Waals surface area (Å²) in [5, 5.41) is 14.4. The van der Waals surface area contributed by atoms with Crippen molar-refractivity contribution in [3.05, 3.63) is 65.7 Å². The van der Waals surface area contributed by atoms with Crippen LogP contribution in [0.15, 0.2) is 48.7 Å². The summed E-state index contributed by atoms with van der Waals surface area (Å²) in [5.41, 5.74) is 0.0220. The Bertz CT molecular complexity index is 761. The van der Waals surface area contributed by atoms with Crippen molar-refractivity contribution < 1.29 is 14.3 Å². The Hall–Kier alpha value is -2.31. The monoisotopic (exact) mass is 385 g/mol. The van der Waals surface area contributed by atoms with Crippen LogP contribution in [0, 0.1) is 11.7 Å². The Morgan fingerprint density at radius 1 is 1.25 bits per heavy atom. The second kappa shape index (κ2) is 9.26. The molecule has 0 aliphatic carbocycles. The second-order valence-corrected chi connectivity index (χ2v) is 7.38. The molecule has 1 aliphatic heterocycles. The predicted molar refractivity (Wildman–Crippen MR) is 106 cm³/mol. The number of likely N-dealkylation sites (tertiary alicyclic amines) is 1. The van der Waals surface area contributed by atoms with Crippen molar-refractivity contribution in [3.8, 4) is 0 Å². The Balaban J connectivity index is 1.72. The van der Waals surface area contributed by atoms with Crippen LogP contribution in [0.2, 0.25) is 0 Å². The molecule has 0 spiro atoms. The SMILES string of the molecule is CNC(=O)CCCN1CCC(C(O)(c2ccc(F)cc2)c2ccccn2)CC1. The summed E-state index contributed by atoms with van der Waals surface area (Å²) in [6, 6.07) is 11.6. The molecule has 0 bridgehead atoms. The minimum absolute atomic E-state index is 0.0111. The number of aromatic nitrogens is 1. The molecule has 2 aromatic rings. The third kappa shape index (κ3) is 4.56. The molecule has 1 fully saturated rings. The number of amides is 1. The maximum absolute atomic E-state index is 13.4. The smallest absolute Gasteiger partial charge is 0.219 e. The van der Waals surface area contributed by atoms with E-state index in [9.17, 15) is 14.3 Å². The maximum atomic E-state index is 13.4. The number of carbonyl (C=O) groups is 1. The summed E-state index contributed by atoms with van der Waals surface area (Å²) in [4.78, 5) is 18.1. The molecule has 3 rings (SSSR count). The van der Waals surface area contributed by atoms with Gasteiger partial charge in [0.15, 0.2) is 0 Å². The third-order valence-electron chi connectivity index (χ3n) is 5.68. The van der Waals surface area contributed by atoms with Gasteiger partial charge in [-0.15, -0.1) is 0 Å². The van der Waals surface area contributed by atoms with Gasteiger partial charge in [-0.25, -0.2) is 4.39 Å². The number of nitrogens with zero attached hydrogens (tertiary/aromatic N) is 2. The lowest BCUT2D eigenvalue weighted by molar-refractivity contribution is -0.120. The van der Waals surface area contributed by atoms with Gasteiger partial charge in [0.1, 0.15) is 11.4 Å². The summed E-state index contributed by atoms with van der Waals surface area (Å²) < 4.78 is 13.4. The van der Waals surface area contributed by atoms with Crippen LogP contribution in [0.1, 0.15) is 36.9 Å². The minimum atomic E-state index is -1.25. The molecular formula is C22H28FN3O2. The normalized spacial score (nSPS) is 17.8. The third-order valence-corrected chi connectivity index (χ3v) is 5.68. The Morgan fingerprint density at radius 2 is 1.96 bits per heavy atom. The predicted octanol–water partition coefficient (Wildman–Crippen LogP) is 2.69. The zero-order chi connectivity index (χ0) is 20.0. The van der Waals surface area contributed by atoms with E-state index < -0.39 is 5.60 Å². The first-order valence-corrected chi connectivity index (χ1v) is 9.87. The van der Waals surface area contributed by atoms with Gasteiger partial charge in [-0.2, -0.15) is 0 Å². The van der Waals surface area contributed by atoms with Gasteiger partial charge < -0.3 is 15.3 Å². The first-order chi connectivity index (χ1) is 13.5. The fourth-order valence-electron chi connectivity index (χ4n) is 4.05. The number of aliphatic hydroxyl groups is 1. The summed E-state index contributed by atoms with van der Waals surface area (Å²) in [5.74, 6) is -0.267. The Morgan fingerprint density at radius 3 is 2.57 bits per heavy atom. The van der Waals surface area contributed by atoms with Crippen molar-refractivity contribution in [1.82, 2.24) is 15.2 Å². The maximum Gasteiger partial charge on any atom is 0.219 e. The summed E-state index contributed by atoms with van der Waals surface area (Å²) in [7, 11) is 1.65. The minimum Gasteiger partial charge on any atom is -0.378 e. The quantitative estimate of drug-likeness (QED) is 0.769. The van der Waals surface area contributed by atoms with E-state index in [1.807, 2.05) is 18.2 Å². The zero-order valence-corrected chi connectivity index (χ0v) is 16.3. The number of piperidine rings is 1. The summed E-state index contributed by atoms with van der Waals surface area (Å²) in [6.07, 6.45) is 4.66. The molecule has 0 radical (unpaired) electrons. The number of rotatable bonds is 7. The topological polar surface area (TPSA) is 65.5 Å². The fraction of sp³-hybridized carbons (Fsp3) is 0.455. The highest BCUT2D eigenvalue weighted by Crippen LogP contribution is 2.41. The second-order valence-electron chi connectivity index (χ2n) is 7.38. The zero-order valence-electron chi connectivity index (χ0n) is 16.3. The van der Waals surface area contributed by atoms with Crippen LogP contribution in [0.3, 0.4) is 0 Å². The van der Waals surface area contributed by atoms with Crippen molar-refractivity contribution in [2.75, 3.05) is 26.7 Å². The molecule has 5 nitrogen and oxygen atoms in total. The van der Waals surface area contributed by atoms with Crippen LogP contribution in [0.5, 0.6) is 0 Å². The summed E-state index contributed by atoms with van der Waals surface area (Å²) >= 11 is 0. The number of carbonyl (C=O) groups excluding carboxylic acids is 1. The van der Waals surface area contributed by atoms with Gasteiger partial charge >= 0.3 is 0 Å². The van der Waals surface area contributed by atoms with Crippen molar-refractivity contribution >= 4 is 5.91 Å². The van der Waals surface area contributed by atoms with Crippen LogP contribution in [-0.2, 0) is 10.4 Å². The molecule has 2 heterocycles. The van der Waals surface area contributed by atoms with Gasteiger partial charge in [-0.05, 0) is 68.7 Å². The van der Waals surface area contributed by atoms with E-state index in [0.29, 0.717) is 17.7 Å². The lowest BCUT2D eigenvalue weighted by Crippen LogP contribution is -2.45. The lowest BCUT2D eigenvalue weighted by atomic mass is 9.74. The number of hydrogen-bond acceptors (Lipinski definition) is 4. The molecule has 1 unspecified atom stereocenters. The fourth-order valence-corrected chi connectivity index (χ4v) is 4.05. The molecule has 1 aromatic heterocycles. The number of benzene rings is 1. The van der Waals surface area contributed by atoms with Crippen LogP contribution in [-0.4, -0.2) is 47.6 Å². The average molecular weight is 385 g/mol. The average Bonchev–Trinajstić information content (AvgIpc) is 2.74. The van der Waals surface area contributed by atoms with Gasteiger partial charge in [0, 0.05) is 25.6 Å². The molecule has 1 aliphatic rings. The lowest BCUT2D eigenvalue weighted by Gasteiger charge is -2.41. The standard InChI is InChI=1S/C22H28FN3O2/c1-24-21(27)6-4-14-26-15-11-18(12-16-26)22(28,20-5-2-3-13-25-20)17-7-9-19(23)10-8-17/h2-3,5,7-10,13,18,28H,4,6,11-12,14-16H2,1H3,(H,24,27). The molecule has 2 N–H and O–H groups in total. The van der Waals surface area contributed by atoms with E-state index in [0.717, 1.165) is 38.9 Å². The van der Waals surface area contributed by atoms with E-state index in [-0.39, 0.29) is 17.6 Å².